The fourth-order valence-electron chi connectivity index (χ4n) is 1.57. The maximum Gasteiger partial charge on any atom is 0.416 e. The highest BCUT2D eigenvalue weighted by atomic mass is 19.4. The lowest BCUT2D eigenvalue weighted by Crippen LogP contribution is -2.13. The number of aldehydes is 1. The Kier molecular flexibility index (Phi) is 4.47. The molecule has 1 rings (SSSR count). The van der Waals surface area contributed by atoms with E-state index in [0.29, 0.717) is 11.8 Å². The van der Waals surface area contributed by atoms with E-state index in [1.54, 1.807) is 0 Å². The average Bonchev–Trinajstić information content (AvgIpc) is 2.26. The predicted octanol–water partition coefficient (Wildman–Crippen LogP) is 2.54. The third-order valence-corrected chi connectivity index (χ3v) is 2.38. The van der Waals surface area contributed by atoms with Crippen molar-refractivity contribution < 1.29 is 27.9 Å². The maximum atomic E-state index is 12.4. The molecule has 0 aliphatic carbocycles. The molecule has 1 N–H and O–H groups in total. The Morgan fingerprint density at radius 2 is 2.06 bits per heavy atom. The summed E-state index contributed by atoms with van der Waals surface area (Å²) in [5.41, 5.74) is -0.511. The zero-order valence-corrected chi connectivity index (χ0v) is 9.28. The molecule has 3 nitrogen and oxygen atoms in total. The summed E-state index contributed by atoms with van der Waals surface area (Å²) in [7, 11) is 0. The lowest BCUT2D eigenvalue weighted by molar-refractivity contribution is -0.139. The van der Waals surface area contributed by atoms with Crippen molar-refractivity contribution in [1.29, 1.82) is 0 Å². The first kappa shape index (κ1) is 14.2. The molecule has 1 unspecified atom stereocenters. The zero-order valence-electron chi connectivity index (χ0n) is 9.28. The molecule has 0 spiro atoms. The molecule has 0 aromatic heterocycles. The molecule has 98 valence electrons. The minimum atomic E-state index is -4.44. The first-order chi connectivity index (χ1) is 8.32. The third kappa shape index (κ3) is 4.20. The van der Waals surface area contributed by atoms with Gasteiger partial charge in [-0.2, -0.15) is 13.2 Å². The van der Waals surface area contributed by atoms with Crippen molar-refractivity contribution >= 4 is 12.3 Å². The third-order valence-electron chi connectivity index (χ3n) is 2.38. The minimum absolute atomic E-state index is 0.0142. The van der Waals surface area contributed by atoms with Gasteiger partial charge in [0, 0.05) is 5.92 Å². The molecule has 0 radical (unpaired) electrons. The van der Waals surface area contributed by atoms with Crippen LogP contribution in [0.5, 0.6) is 0 Å². The number of hydrogen-bond donors (Lipinski definition) is 1. The number of hydrogen-bond acceptors (Lipinski definition) is 2. The molecule has 0 amide bonds. The fraction of sp³-hybridized carbons (Fsp3) is 0.333. The van der Waals surface area contributed by atoms with Crippen molar-refractivity contribution in [1.82, 2.24) is 0 Å². The second-order valence-corrected chi connectivity index (χ2v) is 3.90. The SMILES string of the molecule is O=CC(CC(=O)O)Cc1cccc(C(F)(F)F)c1. The second-order valence-electron chi connectivity index (χ2n) is 3.90. The summed E-state index contributed by atoms with van der Waals surface area (Å²) in [6.45, 7) is 0. The van der Waals surface area contributed by atoms with Crippen molar-refractivity contribution in [2.45, 2.75) is 19.0 Å². The molecule has 1 aromatic rings. The number of rotatable bonds is 5. The molecule has 0 heterocycles. The normalized spacial score (nSPS) is 13.1. The molecule has 1 atom stereocenters. The van der Waals surface area contributed by atoms with Gasteiger partial charge in [-0.3, -0.25) is 4.79 Å². The van der Waals surface area contributed by atoms with Crippen LogP contribution in [0.1, 0.15) is 17.5 Å². The monoisotopic (exact) mass is 260 g/mol. The maximum absolute atomic E-state index is 12.4. The van der Waals surface area contributed by atoms with E-state index in [4.69, 9.17) is 5.11 Å². The van der Waals surface area contributed by atoms with Crippen LogP contribution < -0.4 is 0 Å². The van der Waals surface area contributed by atoms with E-state index in [0.717, 1.165) is 12.1 Å². The van der Waals surface area contributed by atoms with Gasteiger partial charge < -0.3 is 9.90 Å². The Morgan fingerprint density at radius 3 is 2.56 bits per heavy atom. The van der Waals surface area contributed by atoms with Gasteiger partial charge in [-0.15, -0.1) is 0 Å². The van der Waals surface area contributed by atoms with E-state index in [1.807, 2.05) is 0 Å². The Bertz CT molecular complexity index is 440. The Hall–Kier alpha value is -1.85. The van der Waals surface area contributed by atoms with Crippen molar-refractivity contribution in [2.24, 2.45) is 5.92 Å². The topological polar surface area (TPSA) is 54.4 Å². The molecular weight excluding hydrogens is 249 g/mol. The van der Waals surface area contributed by atoms with Crippen LogP contribution in [-0.4, -0.2) is 17.4 Å². The number of aliphatic carboxylic acids is 1. The van der Waals surface area contributed by atoms with Gasteiger partial charge in [-0.25, -0.2) is 0 Å². The molecule has 0 saturated heterocycles. The van der Waals surface area contributed by atoms with Gasteiger partial charge in [0.15, 0.2) is 0 Å². The van der Waals surface area contributed by atoms with Crippen LogP contribution in [0.4, 0.5) is 13.2 Å². The largest absolute Gasteiger partial charge is 0.481 e. The lowest BCUT2D eigenvalue weighted by Gasteiger charge is -2.11. The molecule has 1 aromatic carbocycles. The second kappa shape index (κ2) is 5.66. The van der Waals surface area contributed by atoms with Crippen LogP contribution >= 0.6 is 0 Å². The summed E-state index contributed by atoms with van der Waals surface area (Å²) >= 11 is 0. The van der Waals surface area contributed by atoms with Gasteiger partial charge in [-0.05, 0) is 18.1 Å². The van der Waals surface area contributed by atoms with E-state index >= 15 is 0 Å². The highest BCUT2D eigenvalue weighted by molar-refractivity contribution is 5.72. The summed E-state index contributed by atoms with van der Waals surface area (Å²) < 4.78 is 37.3. The number of carbonyl (C=O) groups is 2. The number of halogens is 3. The van der Waals surface area contributed by atoms with Gasteiger partial charge in [0.25, 0.3) is 0 Å². The van der Waals surface area contributed by atoms with E-state index in [-0.39, 0.29) is 12.8 Å². The lowest BCUT2D eigenvalue weighted by atomic mass is 9.96. The van der Waals surface area contributed by atoms with Crippen molar-refractivity contribution in [2.75, 3.05) is 0 Å². The minimum Gasteiger partial charge on any atom is -0.481 e. The number of carboxylic acids is 1. The van der Waals surface area contributed by atoms with Crippen LogP contribution in [-0.2, 0) is 22.2 Å². The number of alkyl halides is 3. The molecule has 6 heteroatoms. The van der Waals surface area contributed by atoms with Gasteiger partial charge in [0.1, 0.15) is 6.29 Å². The Morgan fingerprint density at radius 1 is 1.39 bits per heavy atom. The van der Waals surface area contributed by atoms with E-state index < -0.39 is 23.6 Å². The van der Waals surface area contributed by atoms with E-state index in [1.165, 1.54) is 12.1 Å². The highest BCUT2D eigenvalue weighted by Crippen LogP contribution is 2.30. The van der Waals surface area contributed by atoms with Crippen LogP contribution in [0, 0.1) is 5.92 Å². The zero-order chi connectivity index (χ0) is 13.8. The molecule has 18 heavy (non-hydrogen) atoms. The van der Waals surface area contributed by atoms with Gasteiger partial charge >= 0.3 is 12.1 Å². The molecular formula is C12H11F3O3. The van der Waals surface area contributed by atoms with Gasteiger partial charge in [-0.1, -0.05) is 18.2 Å². The molecule has 0 aliphatic rings. The van der Waals surface area contributed by atoms with Crippen LogP contribution in [0.25, 0.3) is 0 Å². The van der Waals surface area contributed by atoms with Gasteiger partial charge in [0.05, 0.1) is 12.0 Å². The van der Waals surface area contributed by atoms with E-state index in [2.05, 4.69) is 0 Å². The number of carboxylic acid groups (broad SMARTS) is 1. The molecule has 0 saturated carbocycles. The Balaban J connectivity index is 2.84. The van der Waals surface area contributed by atoms with Crippen LogP contribution in [0.3, 0.4) is 0 Å². The summed E-state index contributed by atoms with van der Waals surface area (Å²) in [6.07, 6.45) is -4.40. The molecule has 0 bridgehead atoms. The van der Waals surface area contributed by atoms with Crippen molar-refractivity contribution in [3.05, 3.63) is 35.4 Å². The first-order valence-electron chi connectivity index (χ1n) is 5.16. The van der Waals surface area contributed by atoms with Crippen molar-refractivity contribution in [3.63, 3.8) is 0 Å². The summed E-state index contributed by atoms with van der Waals surface area (Å²) in [5.74, 6) is -1.97. The summed E-state index contributed by atoms with van der Waals surface area (Å²) in [6, 6.07) is 4.53. The van der Waals surface area contributed by atoms with Crippen LogP contribution in [0.2, 0.25) is 0 Å². The smallest absolute Gasteiger partial charge is 0.416 e. The van der Waals surface area contributed by atoms with E-state index in [9.17, 15) is 22.8 Å². The predicted molar refractivity (Wildman–Crippen MR) is 57.0 cm³/mol. The molecule has 0 fully saturated rings. The first-order valence-corrected chi connectivity index (χ1v) is 5.16. The fourth-order valence-corrected chi connectivity index (χ4v) is 1.57. The Labute approximate surface area is 101 Å². The number of benzene rings is 1. The quantitative estimate of drug-likeness (QED) is 0.828. The van der Waals surface area contributed by atoms with Crippen LogP contribution in [0.15, 0.2) is 24.3 Å². The summed E-state index contributed by atoms with van der Waals surface area (Å²) in [5, 5.41) is 8.54. The molecule has 0 aliphatic heterocycles. The van der Waals surface area contributed by atoms with Gasteiger partial charge in [0.2, 0.25) is 0 Å². The van der Waals surface area contributed by atoms with Crippen molar-refractivity contribution in [3.8, 4) is 0 Å². The number of carbonyl (C=O) groups excluding carboxylic acids is 1. The average molecular weight is 260 g/mol. The summed E-state index contributed by atoms with van der Waals surface area (Å²) in [4.78, 5) is 21.1. The standard InChI is InChI=1S/C12H11F3O3/c13-12(14,15)10-3-1-2-8(5-10)4-9(7-16)6-11(17)18/h1-3,5,7,9H,4,6H2,(H,17,18). The highest BCUT2D eigenvalue weighted by Gasteiger charge is 2.30.